The van der Waals surface area contributed by atoms with Crippen molar-refractivity contribution in [1.29, 1.82) is 0 Å². The Morgan fingerprint density at radius 1 is 1.38 bits per heavy atom. The summed E-state index contributed by atoms with van der Waals surface area (Å²) in [5, 5.41) is 0. The number of thiocarbonyl (C=S) groups is 1. The van der Waals surface area contributed by atoms with Gasteiger partial charge in [0.25, 0.3) is 0 Å². The van der Waals surface area contributed by atoms with Crippen molar-refractivity contribution in [2.75, 3.05) is 0 Å². The number of aryl methyl sites for hydroxylation is 1. The molecule has 0 aromatic carbocycles. The van der Waals surface area contributed by atoms with Crippen LogP contribution in [0.15, 0.2) is 30.5 Å². The third kappa shape index (κ3) is 1.27. The van der Waals surface area contributed by atoms with Gasteiger partial charge in [0.1, 0.15) is 0 Å². The third-order valence-electron chi connectivity index (χ3n) is 2.20. The molecule has 2 aromatic rings. The summed E-state index contributed by atoms with van der Waals surface area (Å²) in [5.41, 5.74) is 3.61. The van der Waals surface area contributed by atoms with E-state index in [-0.39, 0.29) is 0 Å². The largest absolute Gasteiger partial charge is 0.316 e. The zero-order valence-electron chi connectivity index (χ0n) is 7.74. The molecule has 0 fully saturated rings. The number of fused-ring (bicyclic) bond motifs is 1. The van der Waals surface area contributed by atoms with Crippen LogP contribution in [-0.2, 0) is 0 Å². The van der Waals surface area contributed by atoms with E-state index >= 15 is 0 Å². The van der Waals surface area contributed by atoms with Crippen molar-refractivity contribution >= 4 is 22.6 Å². The van der Waals surface area contributed by atoms with Crippen LogP contribution in [0.1, 0.15) is 18.2 Å². The lowest BCUT2D eigenvalue weighted by molar-refractivity contribution is 1.17. The zero-order chi connectivity index (χ0) is 9.42. The van der Waals surface area contributed by atoms with Gasteiger partial charge in [-0.3, -0.25) is 0 Å². The van der Waals surface area contributed by atoms with Crippen LogP contribution in [0, 0.1) is 6.92 Å². The number of hydrogen-bond acceptors (Lipinski definition) is 1. The fourth-order valence-corrected chi connectivity index (χ4v) is 1.96. The Bertz CT molecular complexity index is 468. The average Bonchev–Trinajstić information content (AvgIpc) is 2.39. The summed E-state index contributed by atoms with van der Waals surface area (Å²) in [6, 6.07) is 8.31. The Morgan fingerprint density at radius 2 is 2.15 bits per heavy atom. The van der Waals surface area contributed by atoms with Crippen molar-refractivity contribution in [1.82, 2.24) is 4.40 Å². The first-order valence-electron chi connectivity index (χ1n) is 4.28. The second-order valence-corrected chi connectivity index (χ2v) is 3.84. The van der Waals surface area contributed by atoms with Crippen LogP contribution in [0.25, 0.3) is 5.52 Å². The van der Waals surface area contributed by atoms with E-state index < -0.39 is 0 Å². The lowest BCUT2D eigenvalue weighted by Gasteiger charge is -2.00. The van der Waals surface area contributed by atoms with Crippen molar-refractivity contribution in [2.24, 2.45) is 0 Å². The van der Waals surface area contributed by atoms with Gasteiger partial charge >= 0.3 is 0 Å². The van der Waals surface area contributed by atoms with E-state index in [1.54, 1.807) is 0 Å². The molecule has 0 saturated heterocycles. The minimum Gasteiger partial charge on any atom is -0.316 e. The van der Waals surface area contributed by atoms with Gasteiger partial charge in [-0.2, -0.15) is 0 Å². The maximum Gasteiger partial charge on any atom is 0.0621 e. The van der Waals surface area contributed by atoms with E-state index in [9.17, 15) is 0 Å². The van der Waals surface area contributed by atoms with Crippen molar-refractivity contribution in [3.05, 3.63) is 41.7 Å². The van der Waals surface area contributed by atoms with Crippen molar-refractivity contribution in [2.45, 2.75) is 13.8 Å². The van der Waals surface area contributed by atoms with Gasteiger partial charge < -0.3 is 4.40 Å². The van der Waals surface area contributed by atoms with Gasteiger partial charge in [0, 0.05) is 16.6 Å². The average molecular weight is 189 g/mol. The number of nitrogens with zero attached hydrogens (tertiary/aromatic N) is 1. The minimum atomic E-state index is 0.948. The molecule has 13 heavy (non-hydrogen) atoms. The maximum absolute atomic E-state index is 5.21. The van der Waals surface area contributed by atoms with Crippen molar-refractivity contribution in [3.8, 4) is 0 Å². The summed E-state index contributed by atoms with van der Waals surface area (Å²) in [6.07, 6.45) is 2.05. The summed E-state index contributed by atoms with van der Waals surface area (Å²) in [5.74, 6) is 0. The molecule has 2 heterocycles. The lowest BCUT2D eigenvalue weighted by atomic mass is 10.2. The van der Waals surface area contributed by atoms with Crippen LogP contribution in [0.4, 0.5) is 0 Å². The molecular weight excluding hydrogens is 178 g/mol. The Kier molecular flexibility index (Phi) is 1.93. The van der Waals surface area contributed by atoms with Crippen LogP contribution >= 0.6 is 12.2 Å². The van der Waals surface area contributed by atoms with E-state index in [2.05, 4.69) is 23.5 Å². The zero-order valence-corrected chi connectivity index (χ0v) is 8.56. The summed E-state index contributed by atoms with van der Waals surface area (Å²) in [7, 11) is 0. The van der Waals surface area contributed by atoms with E-state index in [0.29, 0.717) is 0 Å². The fraction of sp³-hybridized carbons (Fsp3) is 0.182. The molecule has 0 atom stereocenters. The molecule has 0 unspecified atom stereocenters. The van der Waals surface area contributed by atoms with Gasteiger partial charge in [-0.1, -0.05) is 18.3 Å². The summed E-state index contributed by atoms with van der Waals surface area (Å²) in [6.45, 7) is 4.06. The molecule has 2 rings (SSSR count). The van der Waals surface area contributed by atoms with Gasteiger partial charge in [0.05, 0.1) is 5.69 Å². The Balaban J connectivity index is 2.86. The predicted octanol–water partition coefficient (Wildman–Crippen LogP) is 2.99. The number of pyridine rings is 1. The van der Waals surface area contributed by atoms with Gasteiger partial charge in [-0.05, 0) is 37.6 Å². The molecule has 0 amide bonds. The molecule has 0 N–H and O–H groups in total. The molecule has 0 bridgehead atoms. The third-order valence-corrected chi connectivity index (χ3v) is 2.40. The molecule has 0 radical (unpaired) electrons. The highest BCUT2D eigenvalue weighted by atomic mass is 32.1. The van der Waals surface area contributed by atoms with E-state index in [0.717, 1.165) is 10.6 Å². The molecule has 0 aliphatic carbocycles. The van der Waals surface area contributed by atoms with Crippen LogP contribution in [0.3, 0.4) is 0 Å². The Morgan fingerprint density at radius 3 is 2.85 bits per heavy atom. The van der Waals surface area contributed by atoms with Crippen LogP contribution in [0.2, 0.25) is 0 Å². The topological polar surface area (TPSA) is 4.41 Å². The van der Waals surface area contributed by atoms with Gasteiger partial charge in [-0.25, -0.2) is 0 Å². The predicted molar refractivity (Wildman–Crippen MR) is 59.5 cm³/mol. The molecule has 0 spiro atoms. The molecular formula is C11H11NS. The SMILES string of the molecule is CC(=S)c1c(C)cc2ccccn12. The first-order valence-corrected chi connectivity index (χ1v) is 4.68. The van der Waals surface area contributed by atoms with Crippen LogP contribution in [-0.4, -0.2) is 9.27 Å². The van der Waals surface area contributed by atoms with Crippen molar-refractivity contribution in [3.63, 3.8) is 0 Å². The molecule has 66 valence electrons. The monoisotopic (exact) mass is 189 g/mol. The number of hydrogen-bond donors (Lipinski definition) is 0. The van der Waals surface area contributed by atoms with Gasteiger partial charge in [-0.15, -0.1) is 0 Å². The standard InChI is InChI=1S/C11H11NS/c1-8-7-10-5-3-4-6-12(10)11(8)9(2)13/h3-7H,1-2H3. The molecule has 1 nitrogen and oxygen atoms in total. The molecule has 0 aliphatic rings. The summed E-state index contributed by atoms with van der Waals surface area (Å²) in [4.78, 5) is 0.948. The highest BCUT2D eigenvalue weighted by Crippen LogP contribution is 2.16. The number of aromatic nitrogens is 1. The van der Waals surface area contributed by atoms with Gasteiger partial charge in [0.15, 0.2) is 0 Å². The van der Waals surface area contributed by atoms with E-state index in [1.165, 1.54) is 11.1 Å². The lowest BCUT2D eigenvalue weighted by Crippen LogP contribution is -1.98. The first kappa shape index (κ1) is 8.45. The smallest absolute Gasteiger partial charge is 0.0621 e. The minimum absolute atomic E-state index is 0.948. The second-order valence-electron chi connectivity index (χ2n) is 3.23. The quantitative estimate of drug-likeness (QED) is 0.493. The summed E-state index contributed by atoms with van der Waals surface area (Å²) >= 11 is 5.21. The van der Waals surface area contributed by atoms with Crippen LogP contribution in [0.5, 0.6) is 0 Å². The molecule has 0 aliphatic heterocycles. The first-order chi connectivity index (χ1) is 6.20. The Hall–Kier alpha value is -1.15. The summed E-state index contributed by atoms with van der Waals surface area (Å²) < 4.78 is 2.14. The van der Waals surface area contributed by atoms with Crippen LogP contribution < -0.4 is 0 Å². The fourth-order valence-electron chi connectivity index (χ4n) is 1.71. The normalized spacial score (nSPS) is 10.6. The number of rotatable bonds is 1. The Labute approximate surface area is 83.0 Å². The molecule has 2 aromatic heterocycles. The molecule has 2 heteroatoms. The second kappa shape index (κ2) is 2.96. The van der Waals surface area contributed by atoms with E-state index in [1.807, 2.05) is 25.3 Å². The van der Waals surface area contributed by atoms with Crippen molar-refractivity contribution < 1.29 is 0 Å². The highest BCUT2D eigenvalue weighted by Gasteiger charge is 2.06. The highest BCUT2D eigenvalue weighted by molar-refractivity contribution is 7.80. The molecule has 0 saturated carbocycles. The van der Waals surface area contributed by atoms with Gasteiger partial charge in [0.2, 0.25) is 0 Å². The van der Waals surface area contributed by atoms with E-state index in [4.69, 9.17) is 12.2 Å². The maximum atomic E-state index is 5.21.